The Bertz CT molecular complexity index is 469. The number of rotatable bonds is 2. The van der Waals surface area contributed by atoms with Gasteiger partial charge in [0.15, 0.2) is 11.6 Å². The summed E-state index contributed by atoms with van der Waals surface area (Å²) in [6, 6.07) is 2.36. The lowest BCUT2D eigenvalue weighted by molar-refractivity contribution is -0.782. The third-order valence-electron chi connectivity index (χ3n) is 1.74. The Labute approximate surface area is 78.2 Å². The molecule has 74 valence electrons. The van der Waals surface area contributed by atoms with E-state index in [1.165, 1.54) is 6.07 Å². The van der Waals surface area contributed by atoms with Gasteiger partial charge in [-0.25, -0.2) is 4.39 Å². The molecule has 0 N–H and O–H groups in total. The molecule has 1 aromatic heterocycles. The van der Waals surface area contributed by atoms with Crippen molar-refractivity contribution in [1.29, 1.82) is 0 Å². The summed E-state index contributed by atoms with van der Waals surface area (Å²) in [5, 5.41) is 14.3. The molecule has 0 radical (unpaired) electrons. The number of hydrogen-bond donors (Lipinski definition) is 0. The second-order valence-corrected chi connectivity index (χ2v) is 2.63. The fraction of sp³-hybridized carbons (Fsp3) is 0.250. The Morgan fingerprint density at radius 2 is 2.43 bits per heavy atom. The van der Waals surface area contributed by atoms with Crippen LogP contribution in [0.5, 0.6) is 5.75 Å². The van der Waals surface area contributed by atoms with E-state index in [1.807, 2.05) is 0 Å². The van der Waals surface area contributed by atoms with Crippen LogP contribution in [0.2, 0.25) is 0 Å². The van der Waals surface area contributed by atoms with Crippen LogP contribution < -0.4 is 9.64 Å². The highest BCUT2D eigenvalue weighted by atomic mass is 19.1. The summed E-state index contributed by atoms with van der Waals surface area (Å²) in [7, 11) is 0. The quantitative estimate of drug-likeness (QED) is 0.675. The molecule has 0 aliphatic heterocycles. The van der Waals surface area contributed by atoms with Gasteiger partial charge in [-0.15, -0.1) is 0 Å². The second-order valence-electron chi connectivity index (χ2n) is 2.63. The summed E-state index contributed by atoms with van der Waals surface area (Å²) in [4.78, 5) is 0.147. The van der Waals surface area contributed by atoms with Crippen molar-refractivity contribution in [2.75, 3.05) is 6.61 Å². The minimum absolute atomic E-state index is 0.0472. The Hall–Kier alpha value is -1.85. The molecule has 14 heavy (non-hydrogen) atoms. The van der Waals surface area contributed by atoms with Gasteiger partial charge in [-0.3, -0.25) is 4.63 Å². The molecule has 1 heterocycles. The molecule has 0 fully saturated rings. The number of aromatic nitrogens is 2. The molecule has 0 aliphatic rings. The fourth-order valence-corrected chi connectivity index (χ4v) is 1.14. The molecule has 0 amide bonds. The largest absolute Gasteiger partial charge is 0.491 e. The van der Waals surface area contributed by atoms with Gasteiger partial charge in [0.25, 0.3) is 5.52 Å². The van der Waals surface area contributed by atoms with Crippen molar-refractivity contribution < 1.29 is 18.7 Å². The van der Waals surface area contributed by atoms with E-state index in [4.69, 9.17) is 4.74 Å². The smallest absolute Gasteiger partial charge is 0.252 e. The monoisotopic (exact) mass is 198 g/mol. The second kappa shape index (κ2) is 3.13. The van der Waals surface area contributed by atoms with E-state index >= 15 is 0 Å². The van der Waals surface area contributed by atoms with Crippen molar-refractivity contribution in [2.45, 2.75) is 6.92 Å². The van der Waals surface area contributed by atoms with Crippen LogP contribution >= 0.6 is 0 Å². The van der Waals surface area contributed by atoms with Crippen LogP contribution in [0.1, 0.15) is 6.92 Å². The normalized spacial score (nSPS) is 10.7. The number of benzene rings is 1. The minimum Gasteiger partial charge on any atom is -0.491 e. The van der Waals surface area contributed by atoms with Crippen molar-refractivity contribution in [3.63, 3.8) is 0 Å². The first kappa shape index (κ1) is 8.74. The summed E-state index contributed by atoms with van der Waals surface area (Å²) in [6.07, 6.45) is 0. The Morgan fingerprint density at radius 1 is 1.64 bits per heavy atom. The van der Waals surface area contributed by atoms with E-state index in [2.05, 4.69) is 9.79 Å². The number of halogens is 1. The van der Waals surface area contributed by atoms with Crippen molar-refractivity contribution in [3.8, 4) is 5.75 Å². The van der Waals surface area contributed by atoms with Crippen LogP contribution in [-0.2, 0) is 0 Å². The predicted octanol–water partition coefficient (Wildman–Crippen LogP) is 0.999. The van der Waals surface area contributed by atoms with Crippen LogP contribution in [0.15, 0.2) is 16.8 Å². The van der Waals surface area contributed by atoms with Gasteiger partial charge in [0.1, 0.15) is 0 Å². The van der Waals surface area contributed by atoms with E-state index in [1.54, 1.807) is 6.92 Å². The molecule has 0 saturated heterocycles. The maximum absolute atomic E-state index is 13.2. The van der Waals surface area contributed by atoms with E-state index in [0.29, 0.717) is 6.61 Å². The molecule has 0 aliphatic carbocycles. The number of ether oxygens (including phenoxy) is 1. The fourth-order valence-electron chi connectivity index (χ4n) is 1.14. The highest BCUT2D eigenvalue weighted by molar-refractivity contribution is 5.72. The maximum Gasteiger partial charge on any atom is 0.252 e. The molecule has 0 atom stereocenters. The minimum atomic E-state index is -0.604. The molecule has 0 spiro atoms. The van der Waals surface area contributed by atoms with Gasteiger partial charge in [-0.05, 0) is 11.8 Å². The van der Waals surface area contributed by atoms with Crippen LogP contribution in [0, 0.1) is 11.0 Å². The van der Waals surface area contributed by atoms with E-state index in [9.17, 15) is 9.60 Å². The number of fused-ring (bicyclic) bond motifs is 1. The zero-order valence-electron chi connectivity index (χ0n) is 7.36. The molecule has 2 aromatic rings. The van der Waals surface area contributed by atoms with Crippen molar-refractivity contribution in [1.82, 2.24) is 5.16 Å². The summed E-state index contributed by atoms with van der Waals surface area (Å²) in [6.45, 7) is 2.08. The molecule has 2 rings (SSSR count). The molecule has 0 unspecified atom stereocenters. The van der Waals surface area contributed by atoms with Crippen LogP contribution in [-0.4, -0.2) is 11.8 Å². The Morgan fingerprint density at radius 3 is 3.14 bits per heavy atom. The average Bonchev–Trinajstić information content (AvgIpc) is 2.50. The summed E-state index contributed by atoms with van der Waals surface area (Å²) >= 11 is 0. The average molecular weight is 198 g/mol. The highest BCUT2D eigenvalue weighted by Crippen LogP contribution is 2.21. The van der Waals surface area contributed by atoms with Gasteiger partial charge < -0.3 is 9.94 Å². The zero-order chi connectivity index (χ0) is 10.1. The first-order chi connectivity index (χ1) is 6.72. The van der Waals surface area contributed by atoms with E-state index < -0.39 is 5.82 Å². The third-order valence-corrected chi connectivity index (χ3v) is 1.74. The van der Waals surface area contributed by atoms with Crippen LogP contribution in [0.25, 0.3) is 11.0 Å². The molecule has 0 bridgehead atoms. The van der Waals surface area contributed by atoms with Gasteiger partial charge in [0.2, 0.25) is 5.52 Å². The van der Waals surface area contributed by atoms with Crippen LogP contribution in [0.4, 0.5) is 4.39 Å². The lowest BCUT2D eigenvalue weighted by Crippen LogP contribution is -2.22. The van der Waals surface area contributed by atoms with E-state index in [0.717, 1.165) is 6.07 Å². The van der Waals surface area contributed by atoms with Gasteiger partial charge in [0.05, 0.1) is 6.61 Å². The van der Waals surface area contributed by atoms with Gasteiger partial charge in [0, 0.05) is 17.3 Å². The molecule has 5 nitrogen and oxygen atoms in total. The molecular formula is C8H7FN2O3. The summed E-state index contributed by atoms with van der Waals surface area (Å²) in [5.41, 5.74) is 0.316. The standard InChI is InChI=1S/C8H7FN2O3/c1-2-13-8-4-6-7(3-5(8)9)11(12)14-10-6/h3-4H,2H2,1H3. The molecule has 6 heteroatoms. The van der Waals surface area contributed by atoms with Gasteiger partial charge in [-0.2, -0.15) is 0 Å². The first-order valence-electron chi connectivity index (χ1n) is 4.04. The van der Waals surface area contributed by atoms with E-state index in [-0.39, 0.29) is 21.7 Å². The Kier molecular flexibility index (Phi) is 1.95. The number of nitrogens with zero attached hydrogens (tertiary/aromatic N) is 2. The third kappa shape index (κ3) is 1.24. The number of hydrogen-bond acceptors (Lipinski definition) is 4. The molecular weight excluding hydrogens is 191 g/mol. The zero-order valence-corrected chi connectivity index (χ0v) is 7.36. The molecule has 1 aromatic carbocycles. The predicted molar refractivity (Wildman–Crippen MR) is 44.1 cm³/mol. The van der Waals surface area contributed by atoms with Crippen molar-refractivity contribution in [3.05, 3.63) is 23.2 Å². The summed E-state index contributed by atoms with van der Waals surface area (Å²) < 4.78 is 22.5. The SMILES string of the molecule is CCOc1cc2no[n+]([O-])c2cc1F. The lowest BCUT2D eigenvalue weighted by atomic mass is 10.3. The highest BCUT2D eigenvalue weighted by Gasteiger charge is 2.14. The molecule has 0 saturated carbocycles. The topological polar surface area (TPSA) is 62.2 Å². The van der Waals surface area contributed by atoms with Gasteiger partial charge >= 0.3 is 0 Å². The van der Waals surface area contributed by atoms with Crippen LogP contribution in [0.3, 0.4) is 0 Å². The maximum atomic E-state index is 13.2. The first-order valence-corrected chi connectivity index (χ1v) is 4.04. The van der Waals surface area contributed by atoms with Crippen molar-refractivity contribution in [2.24, 2.45) is 0 Å². The van der Waals surface area contributed by atoms with Gasteiger partial charge in [-0.1, -0.05) is 0 Å². The summed E-state index contributed by atoms with van der Waals surface area (Å²) in [5.74, 6) is -0.541. The van der Waals surface area contributed by atoms with Crippen molar-refractivity contribution >= 4 is 11.0 Å². The Balaban J connectivity index is 2.60. The lowest BCUT2D eigenvalue weighted by Gasteiger charge is -2.01.